The van der Waals surface area contributed by atoms with Gasteiger partial charge in [-0.1, -0.05) is 30.3 Å². The van der Waals surface area contributed by atoms with Gasteiger partial charge in [0.2, 0.25) is 5.95 Å². The highest BCUT2D eigenvalue weighted by molar-refractivity contribution is 5.89. The van der Waals surface area contributed by atoms with Crippen molar-refractivity contribution < 1.29 is 14.3 Å². The molecule has 3 aromatic heterocycles. The van der Waals surface area contributed by atoms with Crippen molar-refractivity contribution in [1.82, 2.24) is 34.6 Å². The van der Waals surface area contributed by atoms with E-state index < -0.39 is 0 Å². The lowest BCUT2D eigenvalue weighted by molar-refractivity contribution is 0.171. The Kier molecular flexibility index (Phi) is 9.38. The molecule has 4 heterocycles. The third-order valence-electron chi connectivity index (χ3n) is 9.38. The first-order valence-corrected chi connectivity index (χ1v) is 17.2. The third-order valence-corrected chi connectivity index (χ3v) is 9.38. The highest BCUT2D eigenvalue weighted by Gasteiger charge is 2.30. The Morgan fingerprint density at radius 2 is 1.82 bits per heavy atom. The van der Waals surface area contributed by atoms with Crippen LogP contribution in [0.4, 0.5) is 16.6 Å². The number of aryl methyl sites for hydroxylation is 1. The van der Waals surface area contributed by atoms with E-state index in [1.807, 2.05) is 86.2 Å². The number of hydrogen-bond acceptors (Lipinski definition) is 8. The molecule has 0 bridgehead atoms. The topological polar surface area (TPSA) is 114 Å². The van der Waals surface area contributed by atoms with Crippen molar-refractivity contribution in [3.8, 4) is 17.2 Å². The molecule has 1 aliphatic carbocycles. The summed E-state index contributed by atoms with van der Waals surface area (Å²) in [7, 11) is 4.03. The number of anilines is 2. The van der Waals surface area contributed by atoms with Crippen molar-refractivity contribution in [3.63, 3.8) is 0 Å². The minimum absolute atomic E-state index is 0.153. The summed E-state index contributed by atoms with van der Waals surface area (Å²) in [6.07, 6.45) is 6.88. The Balaban J connectivity index is 1.04. The molecule has 1 saturated heterocycles. The number of pyridine rings is 1. The molecule has 2 amide bonds. The molecule has 12 nitrogen and oxygen atoms in total. The molecule has 49 heavy (non-hydrogen) atoms. The molecule has 2 aliphatic rings. The monoisotopic (exact) mass is 663 g/mol. The number of urea groups is 1. The van der Waals surface area contributed by atoms with Crippen LogP contribution in [0.3, 0.4) is 0 Å². The van der Waals surface area contributed by atoms with E-state index >= 15 is 0 Å². The second-order valence-electron chi connectivity index (χ2n) is 13.3. The van der Waals surface area contributed by atoms with Gasteiger partial charge in [0.1, 0.15) is 30.0 Å². The highest BCUT2D eigenvalue weighted by Crippen LogP contribution is 2.39. The summed E-state index contributed by atoms with van der Waals surface area (Å²) in [5.74, 6) is 2.95. The Hall–Kier alpha value is -5.10. The van der Waals surface area contributed by atoms with E-state index in [4.69, 9.17) is 9.47 Å². The predicted octanol–water partition coefficient (Wildman–Crippen LogP) is 6.32. The Labute approximate surface area is 287 Å². The zero-order chi connectivity index (χ0) is 33.9. The first-order valence-electron chi connectivity index (χ1n) is 17.2. The fraction of sp³-hybridized carbons (Fsp3) is 0.405. The van der Waals surface area contributed by atoms with Gasteiger partial charge in [0.25, 0.3) is 0 Å². The molecule has 0 saturated carbocycles. The number of nitrogens with zero attached hydrogens (tertiary/aromatic N) is 7. The first-order chi connectivity index (χ1) is 23.8. The van der Waals surface area contributed by atoms with Crippen LogP contribution in [0.1, 0.15) is 68.0 Å². The van der Waals surface area contributed by atoms with Crippen molar-refractivity contribution in [2.45, 2.75) is 64.1 Å². The quantitative estimate of drug-likeness (QED) is 0.179. The lowest BCUT2D eigenvalue weighted by Crippen LogP contribution is -2.38. The van der Waals surface area contributed by atoms with E-state index in [1.54, 1.807) is 4.68 Å². The van der Waals surface area contributed by atoms with Crippen LogP contribution in [0.15, 0.2) is 72.9 Å². The zero-order valence-corrected chi connectivity index (χ0v) is 28.7. The van der Waals surface area contributed by atoms with Gasteiger partial charge < -0.3 is 24.6 Å². The molecular formula is C37H45N9O3. The van der Waals surface area contributed by atoms with Crippen LogP contribution in [-0.4, -0.2) is 75.1 Å². The van der Waals surface area contributed by atoms with Crippen LogP contribution in [0.5, 0.6) is 11.5 Å². The van der Waals surface area contributed by atoms with Gasteiger partial charge >= 0.3 is 6.03 Å². The van der Waals surface area contributed by atoms with Crippen LogP contribution >= 0.6 is 0 Å². The molecule has 3 atom stereocenters. The lowest BCUT2D eigenvalue weighted by atomic mass is 9.85. The van der Waals surface area contributed by atoms with Crippen molar-refractivity contribution >= 4 is 23.4 Å². The zero-order valence-electron chi connectivity index (χ0n) is 28.7. The number of carbonyl (C=O) groups is 1. The minimum Gasteiger partial charge on any atom is -0.492 e. The van der Waals surface area contributed by atoms with Gasteiger partial charge in [-0.05, 0) is 95.4 Å². The van der Waals surface area contributed by atoms with Crippen LogP contribution in [0, 0.1) is 6.92 Å². The number of amides is 2. The molecule has 0 unspecified atom stereocenters. The van der Waals surface area contributed by atoms with Crippen molar-refractivity contribution in [1.29, 1.82) is 0 Å². The van der Waals surface area contributed by atoms with Gasteiger partial charge in [0.05, 0.1) is 23.6 Å². The van der Waals surface area contributed by atoms with Crippen LogP contribution in [0.2, 0.25) is 0 Å². The molecule has 2 aromatic carbocycles. The number of benzene rings is 2. The maximum Gasteiger partial charge on any atom is 0.320 e. The molecule has 12 heteroatoms. The predicted molar refractivity (Wildman–Crippen MR) is 190 cm³/mol. The molecule has 1 aliphatic heterocycles. The molecule has 0 radical (unpaired) electrons. The van der Waals surface area contributed by atoms with Crippen molar-refractivity contribution in [3.05, 3.63) is 89.7 Å². The van der Waals surface area contributed by atoms with Gasteiger partial charge in [-0.2, -0.15) is 5.10 Å². The average molecular weight is 664 g/mol. The fourth-order valence-electron chi connectivity index (χ4n) is 6.85. The molecule has 5 aromatic rings. The maximum atomic E-state index is 13.5. The molecule has 2 N–H and O–H groups in total. The van der Waals surface area contributed by atoms with E-state index in [2.05, 4.69) is 54.8 Å². The van der Waals surface area contributed by atoms with E-state index in [0.29, 0.717) is 18.5 Å². The van der Waals surface area contributed by atoms with Gasteiger partial charge in [-0.25, -0.2) is 9.48 Å². The largest absolute Gasteiger partial charge is 0.492 e. The van der Waals surface area contributed by atoms with Crippen LogP contribution in [-0.2, 0) is 0 Å². The van der Waals surface area contributed by atoms with Crippen molar-refractivity contribution in [2.75, 3.05) is 44.0 Å². The summed E-state index contributed by atoms with van der Waals surface area (Å²) in [5.41, 5.74) is 4.52. The standard InChI is InChI=1S/C37H45N9O3/c1-25-22-35(46(42-25)27-11-9-12-28(23-27)48-21-20-43(3)4)39-36(47)38-32-16-17-33(31-14-6-5-13-30(31)32)49-29-15-18-34-40-41-37(45(34)24-29)44-19-8-7-10-26(44)2/h5-6,9,11-15,18,22-24,26,32-33H,7-8,10,16-17,19-21H2,1-4H3,(H2,38,39,47)/t26-,32-,33+/m0/s1. The number of rotatable bonds is 10. The SMILES string of the molecule is Cc1cc(NC(=O)N[C@H]2CC[C@@H](Oc3ccc4nnc(N5CCCC[C@@H]5C)n4c3)c3ccccc32)n(-c2cccc(OCCN(C)C)c2)n1. The maximum absolute atomic E-state index is 13.5. The average Bonchev–Trinajstić information content (AvgIpc) is 3.68. The second-order valence-corrected chi connectivity index (χ2v) is 13.3. The molecule has 256 valence electrons. The van der Waals surface area contributed by atoms with Gasteiger partial charge in [-0.3, -0.25) is 9.72 Å². The number of aromatic nitrogens is 5. The molecule has 0 spiro atoms. The lowest BCUT2D eigenvalue weighted by Gasteiger charge is -2.33. The second kappa shape index (κ2) is 14.2. The van der Waals surface area contributed by atoms with E-state index in [1.165, 1.54) is 6.42 Å². The molecular weight excluding hydrogens is 618 g/mol. The van der Waals surface area contributed by atoms with Crippen LogP contribution in [0.25, 0.3) is 11.3 Å². The third kappa shape index (κ3) is 7.19. The Morgan fingerprint density at radius 1 is 0.959 bits per heavy atom. The number of ether oxygens (including phenoxy) is 2. The molecule has 1 fully saturated rings. The highest BCUT2D eigenvalue weighted by atomic mass is 16.5. The summed E-state index contributed by atoms with van der Waals surface area (Å²) in [4.78, 5) is 17.9. The Bertz CT molecular complexity index is 1920. The summed E-state index contributed by atoms with van der Waals surface area (Å²) in [6.45, 7) is 6.53. The normalized spacial score (nSPS) is 19.1. The number of carbonyl (C=O) groups excluding carboxylic acids is 1. The fourth-order valence-corrected chi connectivity index (χ4v) is 6.85. The van der Waals surface area contributed by atoms with Gasteiger partial charge in [-0.15, -0.1) is 10.2 Å². The van der Waals surface area contributed by atoms with E-state index in [0.717, 1.165) is 84.4 Å². The summed E-state index contributed by atoms with van der Waals surface area (Å²) in [6, 6.07) is 21.7. The van der Waals surface area contributed by atoms with Gasteiger partial charge in [0.15, 0.2) is 5.65 Å². The number of hydrogen-bond donors (Lipinski definition) is 2. The first kappa shape index (κ1) is 32.4. The van der Waals surface area contributed by atoms with E-state index in [9.17, 15) is 4.79 Å². The van der Waals surface area contributed by atoms with Gasteiger partial charge in [0, 0.05) is 31.3 Å². The number of piperidine rings is 1. The molecule has 7 rings (SSSR count). The number of nitrogens with one attached hydrogen (secondary N) is 2. The number of fused-ring (bicyclic) bond motifs is 2. The van der Waals surface area contributed by atoms with E-state index in [-0.39, 0.29) is 18.2 Å². The minimum atomic E-state index is -0.295. The number of likely N-dealkylation sites (N-methyl/N-ethyl adjacent to an activating group) is 1. The summed E-state index contributed by atoms with van der Waals surface area (Å²) in [5, 5.41) is 19.8. The van der Waals surface area contributed by atoms with Crippen molar-refractivity contribution in [2.24, 2.45) is 0 Å². The summed E-state index contributed by atoms with van der Waals surface area (Å²) < 4.78 is 16.4. The summed E-state index contributed by atoms with van der Waals surface area (Å²) >= 11 is 0. The Morgan fingerprint density at radius 3 is 2.65 bits per heavy atom. The smallest absolute Gasteiger partial charge is 0.320 e. The van der Waals surface area contributed by atoms with Crippen LogP contribution < -0.4 is 25.0 Å².